The van der Waals surface area contributed by atoms with E-state index in [-0.39, 0.29) is 12.1 Å². The molecule has 1 aromatic rings. The number of hydrogen-bond donors (Lipinski definition) is 1. The van der Waals surface area contributed by atoms with E-state index in [0.717, 1.165) is 38.0 Å². The van der Waals surface area contributed by atoms with Crippen molar-refractivity contribution in [3.8, 4) is 0 Å². The van der Waals surface area contributed by atoms with E-state index in [1.54, 1.807) is 6.20 Å². The van der Waals surface area contributed by atoms with Gasteiger partial charge in [-0.05, 0) is 26.2 Å². The molecule has 118 valence electrons. The van der Waals surface area contributed by atoms with Crippen molar-refractivity contribution < 1.29 is 14.3 Å². The van der Waals surface area contributed by atoms with Gasteiger partial charge in [-0.2, -0.15) is 5.10 Å². The van der Waals surface area contributed by atoms with E-state index in [1.165, 1.54) is 0 Å². The number of esters is 1. The van der Waals surface area contributed by atoms with Gasteiger partial charge < -0.3 is 9.47 Å². The fourth-order valence-corrected chi connectivity index (χ4v) is 2.50. The lowest BCUT2D eigenvalue weighted by Crippen LogP contribution is -2.35. The zero-order valence-corrected chi connectivity index (χ0v) is 12.9. The van der Waals surface area contributed by atoms with Crippen LogP contribution in [0.1, 0.15) is 44.7 Å². The van der Waals surface area contributed by atoms with Gasteiger partial charge in [0, 0.05) is 31.5 Å². The van der Waals surface area contributed by atoms with Gasteiger partial charge in [0.25, 0.3) is 0 Å². The molecule has 0 amide bonds. The van der Waals surface area contributed by atoms with Crippen LogP contribution in [-0.4, -0.2) is 41.6 Å². The molecule has 2 atom stereocenters. The highest BCUT2D eigenvalue weighted by Gasteiger charge is 2.25. The average Bonchev–Trinajstić information content (AvgIpc) is 3.12. The number of nitrogens with one attached hydrogen (secondary N) is 1. The summed E-state index contributed by atoms with van der Waals surface area (Å²) in [7, 11) is 0. The van der Waals surface area contributed by atoms with E-state index >= 15 is 0 Å². The lowest BCUT2D eigenvalue weighted by Gasteiger charge is -2.18. The second-order valence-electron chi connectivity index (χ2n) is 5.27. The standard InChI is InChI=1S/C15H25N3O3/c1-3-7-18-11-12(9-17-18)14(15(19)20-4-2)16-10-13-6-5-8-21-13/h9,11,13-14,16H,3-8,10H2,1-2H3. The Hall–Kier alpha value is -1.40. The fraction of sp³-hybridized carbons (Fsp3) is 0.733. The van der Waals surface area contributed by atoms with Crippen LogP contribution < -0.4 is 5.32 Å². The highest BCUT2D eigenvalue weighted by molar-refractivity contribution is 5.77. The van der Waals surface area contributed by atoms with Gasteiger partial charge in [0.05, 0.1) is 18.9 Å². The average molecular weight is 295 g/mol. The highest BCUT2D eigenvalue weighted by Crippen LogP contribution is 2.17. The first-order valence-corrected chi connectivity index (χ1v) is 7.78. The third kappa shape index (κ3) is 4.54. The van der Waals surface area contributed by atoms with Gasteiger partial charge in [0.15, 0.2) is 0 Å². The van der Waals surface area contributed by atoms with E-state index in [1.807, 2.05) is 17.8 Å². The van der Waals surface area contributed by atoms with Gasteiger partial charge in [-0.3, -0.25) is 10.00 Å². The molecule has 6 heteroatoms. The van der Waals surface area contributed by atoms with Crippen LogP contribution in [0.15, 0.2) is 12.4 Å². The van der Waals surface area contributed by atoms with Crippen LogP contribution in [0.25, 0.3) is 0 Å². The summed E-state index contributed by atoms with van der Waals surface area (Å²) in [5.74, 6) is -0.258. The summed E-state index contributed by atoms with van der Waals surface area (Å²) in [6.07, 6.45) is 6.97. The zero-order chi connectivity index (χ0) is 15.1. The van der Waals surface area contributed by atoms with Crippen molar-refractivity contribution in [3.63, 3.8) is 0 Å². The Bertz CT molecular complexity index is 441. The van der Waals surface area contributed by atoms with Crippen LogP contribution >= 0.6 is 0 Å². The number of ether oxygens (including phenoxy) is 2. The minimum atomic E-state index is -0.472. The summed E-state index contributed by atoms with van der Waals surface area (Å²) >= 11 is 0. The molecule has 1 aliphatic rings. The van der Waals surface area contributed by atoms with Crippen molar-refractivity contribution in [1.29, 1.82) is 0 Å². The third-order valence-corrected chi connectivity index (χ3v) is 3.54. The van der Waals surface area contributed by atoms with Crippen LogP contribution in [0.4, 0.5) is 0 Å². The van der Waals surface area contributed by atoms with Gasteiger partial charge in [-0.1, -0.05) is 6.92 Å². The molecular formula is C15H25N3O3. The minimum Gasteiger partial charge on any atom is -0.465 e. The number of aryl methyl sites for hydroxylation is 1. The van der Waals surface area contributed by atoms with Gasteiger partial charge in [0.1, 0.15) is 6.04 Å². The van der Waals surface area contributed by atoms with Crippen molar-refractivity contribution in [2.45, 2.75) is 51.8 Å². The lowest BCUT2D eigenvalue weighted by atomic mass is 10.1. The highest BCUT2D eigenvalue weighted by atomic mass is 16.5. The monoisotopic (exact) mass is 295 g/mol. The summed E-state index contributed by atoms with van der Waals surface area (Å²) < 4.78 is 12.6. The number of aromatic nitrogens is 2. The van der Waals surface area contributed by atoms with Crippen molar-refractivity contribution in [2.75, 3.05) is 19.8 Å². The van der Waals surface area contributed by atoms with Gasteiger partial charge >= 0.3 is 5.97 Å². The molecule has 2 heterocycles. The molecule has 1 aromatic heterocycles. The normalized spacial score (nSPS) is 19.6. The Morgan fingerprint density at radius 2 is 2.48 bits per heavy atom. The van der Waals surface area contributed by atoms with E-state index < -0.39 is 6.04 Å². The lowest BCUT2D eigenvalue weighted by molar-refractivity contribution is -0.146. The molecule has 0 bridgehead atoms. The van der Waals surface area contributed by atoms with E-state index in [2.05, 4.69) is 17.3 Å². The van der Waals surface area contributed by atoms with Gasteiger partial charge in [-0.25, -0.2) is 4.79 Å². The SMILES string of the molecule is CCCn1cc(C(NCC2CCCO2)C(=O)OCC)cn1. The Morgan fingerprint density at radius 3 is 3.14 bits per heavy atom. The predicted molar refractivity (Wildman–Crippen MR) is 78.9 cm³/mol. The van der Waals surface area contributed by atoms with E-state index in [9.17, 15) is 4.79 Å². The molecule has 21 heavy (non-hydrogen) atoms. The molecule has 1 fully saturated rings. The fourth-order valence-electron chi connectivity index (χ4n) is 2.50. The largest absolute Gasteiger partial charge is 0.465 e. The third-order valence-electron chi connectivity index (χ3n) is 3.54. The topological polar surface area (TPSA) is 65.4 Å². The van der Waals surface area contributed by atoms with Crippen molar-refractivity contribution in [2.24, 2.45) is 0 Å². The maximum absolute atomic E-state index is 12.2. The second-order valence-corrected chi connectivity index (χ2v) is 5.27. The number of nitrogens with zero attached hydrogens (tertiary/aromatic N) is 2. The molecule has 1 N–H and O–H groups in total. The molecule has 6 nitrogen and oxygen atoms in total. The second kappa shape index (κ2) is 8.14. The van der Waals surface area contributed by atoms with Crippen LogP contribution in [0, 0.1) is 0 Å². The minimum absolute atomic E-state index is 0.188. The molecule has 0 spiro atoms. The number of hydrogen-bond acceptors (Lipinski definition) is 5. The Labute approximate surface area is 125 Å². The number of carbonyl (C=O) groups excluding carboxylic acids is 1. The first-order chi connectivity index (χ1) is 10.2. The first kappa shape index (κ1) is 16.0. The summed E-state index contributed by atoms with van der Waals surface area (Å²) in [6.45, 7) is 6.60. The zero-order valence-electron chi connectivity index (χ0n) is 12.9. The Kier molecular flexibility index (Phi) is 6.20. The molecule has 2 unspecified atom stereocenters. The summed E-state index contributed by atoms with van der Waals surface area (Å²) in [6, 6.07) is -0.472. The number of rotatable bonds is 8. The van der Waals surface area contributed by atoms with Crippen molar-refractivity contribution >= 4 is 5.97 Å². The molecule has 0 saturated carbocycles. The Balaban J connectivity index is 2.00. The maximum atomic E-state index is 12.2. The van der Waals surface area contributed by atoms with Crippen LogP contribution in [0.2, 0.25) is 0 Å². The van der Waals surface area contributed by atoms with Crippen molar-refractivity contribution in [3.05, 3.63) is 18.0 Å². The van der Waals surface area contributed by atoms with Crippen LogP contribution in [-0.2, 0) is 20.8 Å². The van der Waals surface area contributed by atoms with E-state index in [0.29, 0.717) is 13.2 Å². The quantitative estimate of drug-likeness (QED) is 0.739. The Morgan fingerprint density at radius 1 is 1.62 bits per heavy atom. The van der Waals surface area contributed by atoms with Gasteiger partial charge in [-0.15, -0.1) is 0 Å². The maximum Gasteiger partial charge on any atom is 0.327 e. The molecule has 0 radical (unpaired) electrons. The smallest absolute Gasteiger partial charge is 0.327 e. The van der Waals surface area contributed by atoms with Crippen molar-refractivity contribution in [1.82, 2.24) is 15.1 Å². The molecule has 2 rings (SSSR count). The summed E-state index contributed by atoms with van der Waals surface area (Å²) in [4.78, 5) is 12.2. The number of carbonyl (C=O) groups is 1. The summed E-state index contributed by atoms with van der Waals surface area (Å²) in [5, 5.41) is 7.55. The van der Waals surface area contributed by atoms with E-state index in [4.69, 9.17) is 9.47 Å². The predicted octanol–water partition coefficient (Wildman–Crippen LogP) is 1.67. The van der Waals surface area contributed by atoms with Crippen LogP contribution in [0.3, 0.4) is 0 Å². The molecule has 0 aromatic carbocycles. The van der Waals surface area contributed by atoms with Gasteiger partial charge in [0.2, 0.25) is 0 Å². The molecular weight excluding hydrogens is 270 g/mol. The molecule has 1 aliphatic heterocycles. The van der Waals surface area contributed by atoms with Crippen LogP contribution in [0.5, 0.6) is 0 Å². The molecule has 1 saturated heterocycles. The molecule has 0 aliphatic carbocycles. The summed E-state index contributed by atoms with van der Waals surface area (Å²) in [5.41, 5.74) is 0.847. The first-order valence-electron chi connectivity index (χ1n) is 7.78.